The van der Waals surface area contributed by atoms with Crippen molar-refractivity contribution in [3.8, 4) is 23.6 Å². The summed E-state index contributed by atoms with van der Waals surface area (Å²) in [4.78, 5) is 0. The molecule has 0 saturated heterocycles. The minimum Gasteiger partial charge on any atom is -0.454 e. The summed E-state index contributed by atoms with van der Waals surface area (Å²) in [6, 6.07) is 8.79. The molecular formula is C11H7N3O2. The van der Waals surface area contributed by atoms with E-state index in [9.17, 15) is 0 Å². The molecule has 1 aromatic rings. The lowest BCUT2D eigenvalue weighted by Crippen LogP contribution is -1.93. The van der Waals surface area contributed by atoms with E-state index < -0.39 is 0 Å². The van der Waals surface area contributed by atoms with Crippen molar-refractivity contribution < 1.29 is 9.47 Å². The quantitative estimate of drug-likeness (QED) is 0.757. The van der Waals surface area contributed by atoms with Gasteiger partial charge in [-0.3, -0.25) is 0 Å². The topological polar surface area (TPSA) is 78.1 Å². The first-order valence-electron chi connectivity index (χ1n) is 4.50. The van der Waals surface area contributed by atoms with Crippen LogP contribution in [0.15, 0.2) is 30.0 Å². The molecule has 0 fully saturated rings. The van der Waals surface area contributed by atoms with Gasteiger partial charge in [0.1, 0.15) is 17.7 Å². The van der Waals surface area contributed by atoms with Crippen molar-refractivity contribution in [3.63, 3.8) is 0 Å². The van der Waals surface area contributed by atoms with Crippen molar-refractivity contribution in [1.29, 1.82) is 10.5 Å². The first-order valence-corrected chi connectivity index (χ1v) is 4.50. The molecule has 2 rings (SSSR count). The second-order valence-corrected chi connectivity index (χ2v) is 2.99. The molecule has 0 aromatic heterocycles. The molecule has 5 heteroatoms. The van der Waals surface area contributed by atoms with Crippen molar-refractivity contribution in [2.45, 2.75) is 0 Å². The second kappa shape index (κ2) is 4.24. The molecule has 1 aromatic carbocycles. The highest BCUT2D eigenvalue weighted by Gasteiger charge is 2.12. The molecule has 0 bridgehead atoms. The van der Waals surface area contributed by atoms with Gasteiger partial charge < -0.3 is 14.8 Å². The Labute approximate surface area is 92.1 Å². The normalized spacial score (nSPS) is 11.1. The summed E-state index contributed by atoms with van der Waals surface area (Å²) < 4.78 is 10.3. The molecule has 1 aliphatic rings. The van der Waals surface area contributed by atoms with Crippen molar-refractivity contribution in [1.82, 2.24) is 0 Å². The summed E-state index contributed by atoms with van der Waals surface area (Å²) in [5.41, 5.74) is 0.741. The third-order valence-electron chi connectivity index (χ3n) is 2.00. The van der Waals surface area contributed by atoms with E-state index in [1.165, 1.54) is 6.20 Å². The SMILES string of the molecule is N#CC(C#N)=CNc1ccc2c(c1)OCO2. The number of rotatable bonds is 2. The summed E-state index contributed by atoms with van der Waals surface area (Å²) in [6.07, 6.45) is 1.34. The van der Waals surface area contributed by atoms with Crippen molar-refractivity contribution in [2.24, 2.45) is 0 Å². The van der Waals surface area contributed by atoms with Crippen LogP contribution in [0.1, 0.15) is 0 Å². The monoisotopic (exact) mass is 213 g/mol. The first kappa shape index (κ1) is 9.88. The van der Waals surface area contributed by atoms with E-state index >= 15 is 0 Å². The minimum atomic E-state index is 0.0117. The molecule has 1 aliphatic heterocycles. The zero-order valence-electron chi connectivity index (χ0n) is 8.23. The van der Waals surface area contributed by atoms with E-state index in [-0.39, 0.29) is 12.4 Å². The Bertz CT molecular complexity index is 507. The van der Waals surface area contributed by atoms with Gasteiger partial charge in [0.05, 0.1) is 0 Å². The highest BCUT2D eigenvalue weighted by molar-refractivity contribution is 5.57. The number of nitrogens with zero attached hydrogens (tertiary/aromatic N) is 2. The molecule has 1 heterocycles. The van der Waals surface area contributed by atoms with E-state index in [1.807, 2.05) is 0 Å². The van der Waals surface area contributed by atoms with Crippen LogP contribution in [0.25, 0.3) is 0 Å². The van der Waals surface area contributed by atoms with Gasteiger partial charge in [-0.2, -0.15) is 10.5 Å². The van der Waals surface area contributed by atoms with E-state index in [0.29, 0.717) is 11.5 Å². The van der Waals surface area contributed by atoms with E-state index in [4.69, 9.17) is 20.0 Å². The fourth-order valence-electron chi connectivity index (χ4n) is 1.23. The fraction of sp³-hybridized carbons (Fsp3) is 0.0909. The molecule has 16 heavy (non-hydrogen) atoms. The van der Waals surface area contributed by atoms with Crippen LogP contribution in [-0.4, -0.2) is 6.79 Å². The molecule has 0 atom stereocenters. The largest absolute Gasteiger partial charge is 0.454 e. The summed E-state index contributed by atoms with van der Waals surface area (Å²) in [5, 5.41) is 19.9. The Morgan fingerprint density at radius 1 is 1.25 bits per heavy atom. The highest BCUT2D eigenvalue weighted by Crippen LogP contribution is 2.34. The third-order valence-corrected chi connectivity index (χ3v) is 2.00. The lowest BCUT2D eigenvalue weighted by atomic mass is 10.2. The number of anilines is 1. The number of allylic oxidation sites excluding steroid dienone is 1. The van der Waals surface area contributed by atoms with Crippen LogP contribution in [0.2, 0.25) is 0 Å². The molecule has 0 saturated carbocycles. The van der Waals surface area contributed by atoms with Gasteiger partial charge >= 0.3 is 0 Å². The average molecular weight is 213 g/mol. The summed E-state index contributed by atoms with van der Waals surface area (Å²) in [6.45, 7) is 0.219. The predicted octanol–water partition coefficient (Wildman–Crippen LogP) is 1.76. The van der Waals surface area contributed by atoms with Gasteiger partial charge in [-0.05, 0) is 12.1 Å². The second-order valence-electron chi connectivity index (χ2n) is 2.99. The molecule has 0 spiro atoms. The highest BCUT2D eigenvalue weighted by atomic mass is 16.7. The van der Waals surface area contributed by atoms with Gasteiger partial charge in [0.2, 0.25) is 6.79 Å². The lowest BCUT2D eigenvalue weighted by molar-refractivity contribution is 0.174. The smallest absolute Gasteiger partial charge is 0.231 e. The van der Waals surface area contributed by atoms with Crippen LogP contribution in [0.4, 0.5) is 5.69 Å². The van der Waals surface area contributed by atoms with Crippen molar-refractivity contribution in [2.75, 3.05) is 12.1 Å². The van der Waals surface area contributed by atoms with Crippen LogP contribution in [0, 0.1) is 22.7 Å². The molecule has 78 valence electrons. The molecule has 0 amide bonds. The van der Waals surface area contributed by atoms with Crippen LogP contribution < -0.4 is 14.8 Å². The molecule has 0 aliphatic carbocycles. The number of hydrogen-bond donors (Lipinski definition) is 1. The summed E-state index contributed by atoms with van der Waals surface area (Å²) in [5.74, 6) is 1.34. The van der Waals surface area contributed by atoms with Gasteiger partial charge in [-0.15, -0.1) is 0 Å². The Morgan fingerprint density at radius 2 is 2.00 bits per heavy atom. The Balaban J connectivity index is 2.16. The summed E-state index contributed by atoms with van der Waals surface area (Å²) in [7, 11) is 0. The molecule has 0 unspecified atom stereocenters. The van der Waals surface area contributed by atoms with Gasteiger partial charge in [-0.1, -0.05) is 0 Å². The third kappa shape index (κ3) is 1.89. The van der Waals surface area contributed by atoms with Crippen molar-refractivity contribution in [3.05, 3.63) is 30.0 Å². The number of hydrogen-bond acceptors (Lipinski definition) is 5. The lowest BCUT2D eigenvalue weighted by Gasteiger charge is -2.01. The van der Waals surface area contributed by atoms with E-state index in [0.717, 1.165) is 5.69 Å². The van der Waals surface area contributed by atoms with E-state index in [1.54, 1.807) is 30.3 Å². The Morgan fingerprint density at radius 3 is 2.75 bits per heavy atom. The van der Waals surface area contributed by atoms with Gasteiger partial charge in [0.15, 0.2) is 11.5 Å². The van der Waals surface area contributed by atoms with Crippen LogP contribution in [0.5, 0.6) is 11.5 Å². The predicted molar refractivity (Wildman–Crippen MR) is 55.5 cm³/mol. The number of ether oxygens (including phenoxy) is 2. The average Bonchev–Trinajstić information content (AvgIpc) is 2.77. The van der Waals surface area contributed by atoms with Gasteiger partial charge in [0.25, 0.3) is 0 Å². The van der Waals surface area contributed by atoms with Crippen LogP contribution >= 0.6 is 0 Å². The van der Waals surface area contributed by atoms with Gasteiger partial charge in [0, 0.05) is 18.0 Å². The zero-order valence-corrected chi connectivity index (χ0v) is 8.23. The minimum absolute atomic E-state index is 0.0117. The maximum absolute atomic E-state index is 8.53. The number of nitrogens with one attached hydrogen (secondary N) is 1. The number of nitriles is 2. The molecule has 0 radical (unpaired) electrons. The van der Waals surface area contributed by atoms with E-state index in [2.05, 4.69) is 5.32 Å². The van der Waals surface area contributed by atoms with Crippen LogP contribution in [0.3, 0.4) is 0 Å². The number of benzene rings is 1. The summed E-state index contributed by atoms with van der Waals surface area (Å²) >= 11 is 0. The number of fused-ring (bicyclic) bond motifs is 1. The molecular weight excluding hydrogens is 206 g/mol. The van der Waals surface area contributed by atoms with Crippen LogP contribution in [-0.2, 0) is 0 Å². The van der Waals surface area contributed by atoms with Crippen molar-refractivity contribution >= 4 is 5.69 Å². The maximum Gasteiger partial charge on any atom is 0.231 e. The first-order chi connectivity index (χ1) is 7.83. The Kier molecular flexibility index (Phi) is 2.62. The maximum atomic E-state index is 8.53. The fourth-order valence-corrected chi connectivity index (χ4v) is 1.23. The molecule has 1 N–H and O–H groups in total. The Hall–Kier alpha value is -2.66. The zero-order chi connectivity index (χ0) is 11.4. The standard InChI is InChI=1S/C11H7N3O2/c12-4-8(5-13)6-14-9-1-2-10-11(3-9)16-7-15-10/h1-3,6,14H,7H2. The molecule has 5 nitrogen and oxygen atoms in total. The van der Waals surface area contributed by atoms with Gasteiger partial charge in [-0.25, -0.2) is 0 Å².